The summed E-state index contributed by atoms with van der Waals surface area (Å²) in [6.45, 7) is 20.0. The molecule has 2 nitrogen and oxygen atoms in total. The molecule has 5 aromatic carbocycles. The standard InChI is InChI=1S/C59H66B2N2S/c1-10-44(60)33-54(37(3)36-59(7)29-17-18-30-62(59)8)61-58-40(6)56-46(11-2)47-21-15-16-22-48(47)52(56)35-53(58)57-51-32-43-25-26-45(64-9)34-50(43)49(51)27-28-55(57)63-38(4)23-24-42(31-39(63)5)41-19-13-12-14-20-41/h10,12-16,19-28,31,33-35,38-39,46,61H,1,11,17-18,29-30,32,36,60H2,2-9H3/b44-33+,54-37+. The van der Waals surface area contributed by atoms with Crippen molar-refractivity contribution in [2.45, 2.75) is 109 Å². The van der Waals surface area contributed by atoms with E-state index < -0.39 is 0 Å². The van der Waals surface area contributed by atoms with Gasteiger partial charge in [0.05, 0.1) is 0 Å². The third kappa shape index (κ3) is 7.96. The molecule has 0 amide bonds. The minimum absolute atomic E-state index is 0.141. The number of fused-ring (bicyclic) bond motifs is 6. The summed E-state index contributed by atoms with van der Waals surface area (Å²) in [5.41, 5.74) is 25.4. The molecule has 0 aromatic heterocycles. The number of anilines is 1. The van der Waals surface area contributed by atoms with Crippen LogP contribution in [0.2, 0.25) is 0 Å². The number of likely N-dealkylation sites (tertiary alicyclic amines) is 1. The number of hydrogen-bond acceptors (Lipinski definition) is 3. The van der Waals surface area contributed by atoms with Gasteiger partial charge in [-0.3, -0.25) is 0 Å². The van der Waals surface area contributed by atoms with Crippen LogP contribution in [0, 0.1) is 6.92 Å². The van der Waals surface area contributed by atoms with Crippen molar-refractivity contribution in [2.24, 2.45) is 0 Å². The molecule has 0 radical (unpaired) electrons. The number of hydrogen-bond donors (Lipinski definition) is 0. The van der Waals surface area contributed by atoms with Crippen molar-refractivity contribution in [1.29, 1.82) is 0 Å². The Morgan fingerprint density at radius 2 is 1.70 bits per heavy atom. The molecule has 4 unspecified atom stereocenters. The molecule has 0 bridgehead atoms. The lowest BCUT2D eigenvalue weighted by atomic mass is 9.56. The number of allylic oxidation sites excluding steroid dienone is 6. The number of benzene rings is 5. The zero-order chi connectivity index (χ0) is 44.9. The first-order valence-electron chi connectivity index (χ1n) is 24.0. The number of thioether (sulfide) groups is 1. The van der Waals surface area contributed by atoms with E-state index >= 15 is 0 Å². The largest absolute Gasteiger partial charge is 0.359 e. The van der Waals surface area contributed by atoms with E-state index in [-0.39, 0.29) is 17.6 Å². The van der Waals surface area contributed by atoms with Gasteiger partial charge in [0.1, 0.15) is 7.85 Å². The second-order valence-electron chi connectivity index (χ2n) is 19.6. The van der Waals surface area contributed by atoms with Crippen molar-refractivity contribution in [1.82, 2.24) is 4.90 Å². The Morgan fingerprint density at radius 3 is 2.45 bits per heavy atom. The van der Waals surface area contributed by atoms with Crippen molar-refractivity contribution in [3.05, 3.63) is 178 Å². The monoisotopic (exact) mass is 857 g/mol. The maximum atomic E-state index is 4.26. The summed E-state index contributed by atoms with van der Waals surface area (Å²) < 4.78 is 0. The van der Waals surface area contributed by atoms with Crippen molar-refractivity contribution >= 4 is 43.6 Å². The van der Waals surface area contributed by atoms with Crippen LogP contribution in [0.4, 0.5) is 5.69 Å². The van der Waals surface area contributed by atoms with E-state index in [1.54, 1.807) is 0 Å². The maximum absolute atomic E-state index is 4.26. The predicted molar refractivity (Wildman–Crippen MR) is 285 cm³/mol. The van der Waals surface area contributed by atoms with Gasteiger partial charge in [0.2, 0.25) is 0 Å². The molecule has 1 fully saturated rings. The fraction of sp³-hybridized carbons (Fsp3) is 0.322. The quantitative estimate of drug-likeness (QED) is 0.0728. The van der Waals surface area contributed by atoms with E-state index in [0.717, 1.165) is 26.5 Å². The number of piperidine rings is 1. The zero-order valence-electron chi connectivity index (χ0n) is 39.9. The Kier molecular flexibility index (Phi) is 12.5. The Bertz CT molecular complexity index is 2760. The van der Waals surface area contributed by atoms with Gasteiger partial charge in [0, 0.05) is 39.7 Å². The van der Waals surface area contributed by atoms with Crippen molar-refractivity contribution < 1.29 is 0 Å². The molecular weight excluding hydrogens is 790 g/mol. The second kappa shape index (κ2) is 18.1. The zero-order valence-corrected chi connectivity index (χ0v) is 40.8. The third-order valence-corrected chi connectivity index (χ3v) is 16.3. The number of nitrogens with zero attached hydrogens (tertiary/aromatic N) is 2. The fourth-order valence-corrected chi connectivity index (χ4v) is 12.4. The second-order valence-corrected chi connectivity index (χ2v) is 20.5. The third-order valence-electron chi connectivity index (χ3n) is 15.6. The summed E-state index contributed by atoms with van der Waals surface area (Å²) in [5.74, 6) is 0.375. The van der Waals surface area contributed by atoms with Crippen LogP contribution in [-0.2, 0) is 6.42 Å². The van der Waals surface area contributed by atoms with E-state index in [0.29, 0.717) is 5.92 Å². The summed E-state index contributed by atoms with van der Waals surface area (Å²) in [6.07, 6.45) is 20.8. The molecule has 2 heterocycles. The van der Waals surface area contributed by atoms with Gasteiger partial charge in [-0.25, -0.2) is 0 Å². The van der Waals surface area contributed by atoms with Crippen LogP contribution in [0.15, 0.2) is 149 Å². The van der Waals surface area contributed by atoms with Gasteiger partial charge in [0.25, 0.3) is 0 Å². The topological polar surface area (TPSA) is 6.48 Å². The van der Waals surface area contributed by atoms with E-state index in [2.05, 4.69) is 194 Å². The predicted octanol–water partition coefficient (Wildman–Crippen LogP) is 13.0. The van der Waals surface area contributed by atoms with Gasteiger partial charge in [-0.15, -0.1) is 11.8 Å². The van der Waals surface area contributed by atoms with Crippen LogP contribution in [-0.4, -0.2) is 57.5 Å². The number of rotatable bonds is 11. The highest BCUT2D eigenvalue weighted by Crippen LogP contribution is 2.52. The highest BCUT2D eigenvalue weighted by molar-refractivity contribution is 7.98. The lowest BCUT2D eigenvalue weighted by Gasteiger charge is -2.43. The highest BCUT2D eigenvalue weighted by Gasteiger charge is 2.36. The molecule has 2 aliphatic carbocycles. The van der Waals surface area contributed by atoms with Crippen LogP contribution < -0.4 is 10.4 Å². The summed E-state index contributed by atoms with van der Waals surface area (Å²) in [4.78, 5) is 6.65. The van der Waals surface area contributed by atoms with Crippen LogP contribution in [0.1, 0.15) is 106 Å². The smallest absolute Gasteiger partial charge is 0.193 e. The van der Waals surface area contributed by atoms with Crippen LogP contribution in [0.5, 0.6) is 0 Å². The Balaban J connectivity index is 1.33. The van der Waals surface area contributed by atoms with Crippen LogP contribution in [0.3, 0.4) is 0 Å². The summed E-state index contributed by atoms with van der Waals surface area (Å²) in [6, 6.07) is 35.2. The fourth-order valence-electron chi connectivity index (χ4n) is 11.9. The van der Waals surface area contributed by atoms with Crippen LogP contribution >= 0.6 is 11.8 Å². The minimum atomic E-state index is 0.141. The first-order valence-corrected chi connectivity index (χ1v) is 25.2. The molecular formula is C59H66B2N2S. The lowest BCUT2D eigenvalue weighted by Crippen LogP contribution is -2.47. The van der Waals surface area contributed by atoms with Crippen molar-refractivity contribution in [2.75, 3.05) is 24.7 Å². The van der Waals surface area contributed by atoms with Gasteiger partial charge in [-0.2, -0.15) is 0 Å². The Morgan fingerprint density at radius 1 is 0.922 bits per heavy atom. The summed E-state index contributed by atoms with van der Waals surface area (Å²) >= 11 is 1.84. The van der Waals surface area contributed by atoms with Gasteiger partial charge in [-0.1, -0.05) is 145 Å². The highest BCUT2D eigenvalue weighted by atomic mass is 32.2. The molecule has 9 rings (SSSR count). The molecule has 1 saturated heterocycles. The van der Waals surface area contributed by atoms with Crippen molar-refractivity contribution in [3.8, 4) is 33.4 Å². The maximum Gasteiger partial charge on any atom is 0.193 e. The molecule has 64 heavy (non-hydrogen) atoms. The van der Waals surface area contributed by atoms with E-state index in [4.69, 9.17) is 0 Å². The lowest BCUT2D eigenvalue weighted by molar-refractivity contribution is 0.0901. The van der Waals surface area contributed by atoms with Crippen LogP contribution in [0.25, 0.3) is 39.0 Å². The first kappa shape index (κ1) is 44.3. The molecule has 4 aliphatic rings. The normalized spacial score (nSPS) is 21.9. The average molecular weight is 857 g/mol. The molecule has 0 N–H and O–H groups in total. The SMILES string of the molecule is B/C(C=C)=C/C(Bc1c(-c2c(N3C(C)C=CC(c4ccccc4)=CC3C)ccc3c2Cc2ccc(SC)cc2-3)cc2c(c1C)C(CC)c1ccccc1-2)=C(/C)CC1(C)CCCCN1C. The summed E-state index contributed by atoms with van der Waals surface area (Å²) in [5, 5.41) is 0. The van der Waals surface area contributed by atoms with E-state index in [9.17, 15) is 0 Å². The first-order chi connectivity index (χ1) is 30.9. The average Bonchev–Trinajstić information content (AvgIpc) is 3.79. The van der Waals surface area contributed by atoms with Crippen molar-refractivity contribution in [3.63, 3.8) is 0 Å². The Labute approximate surface area is 391 Å². The van der Waals surface area contributed by atoms with Gasteiger partial charge in [-0.05, 0) is 172 Å². The summed E-state index contributed by atoms with van der Waals surface area (Å²) in [7, 11) is 5.44. The molecule has 4 atom stereocenters. The molecule has 5 aromatic rings. The van der Waals surface area contributed by atoms with E-state index in [1.807, 2.05) is 17.8 Å². The van der Waals surface area contributed by atoms with Gasteiger partial charge < -0.3 is 9.80 Å². The molecule has 0 saturated carbocycles. The molecule has 0 spiro atoms. The Hall–Kier alpha value is -4.96. The molecule has 5 heteroatoms. The minimum Gasteiger partial charge on any atom is -0.359 e. The van der Waals surface area contributed by atoms with Gasteiger partial charge in [0.15, 0.2) is 7.28 Å². The molecule has 2 aliphatic heterocycles. The molecule has 324 valence electrons. The van der Waals surface area contributed by atoms with E-state index in [1.165, 1.54) is 131 Å². The van der Waals surface area contributed by atoms with Gasteiger partial charge >= 0.3 is 0 Å².